The number of rotatable bonds is 2. The molecule has 0 saturated heterocycles. The highest BCUT2D eigenvalue weighted by atomic mass is 16.3. The van der Waals surface area contributed by atoms with Gasteiger partial charge in [0, 0.05) is 0 Å². The highest BCUT2D eigenvalue weighted by Gasteiger charge is 2.02. The summed E-state index contributed by atoms with van der Waals surface area (Å²) in [5, 5.41) is 9.27. The van der Waals surface area contributed by atoms with E-state index in [2.05, 4.69) is 0 Å². The van der Waals surface area contributed by atoms with Crippen molar-refractivity contribution >= 4 is 0 Å². The average Bonchev–Trinajstić information content (AvgIpc) is 2.30. The summed E-state index contributed by atoms with van der Waals surface area (Å²) in [6.45, 7) is 0. The Hall–Kier alpha value is -1.64. The molecular weight excluding hydrogens is 186 g/mol. The third-order valence-electron chi connectivity index (χ3n) is 2.34. The Balaban J connectivity index is 2.42. The highest BCUT2D eigenvalue weighted by Crippen LogP contribution is 2.21. The largest absolute Gasteiger partial charge is 0.375 e. The predicted octanol–water partition coefficient (Wildman–Crippen LogP) is 2.30. The molecule has 0 spiro atoms. The van der Waals surface area contributed by atoms with Crippen molar-refractivity contribution in [3.63, 3.8) is 0 Å². The topological polar surface area (TPSA) is 46.2 Å². The Kier molecular flexibility index (Phi) is 2.81. The zero-order valence-corrected chi connectivity index (χ0v) is 8.30. The summed E-state index contributed by atoms with van der Waals surface area (Å²) in [6.07, 6.45) is -0.909. The molecule has 0 aliphatic heterocycles. The number of hydrogen-bond acceptors (Lipinski definition) is 2. The van der Waals surface area contributed by atoms with Gasteiger partial charge in [0.05, 0.1) is 0 Å². The van der Waals surface area contributed by atoms with Gasteiger partial charge in [0.1, 0.15) is 6.23 Å². The van der Waals surface area contributed by atoms with Crippen LogP contribution in [0.25, 0.3) is 11.1 Å². The molecule has 0 aromatic heterocycles. The maximum Gasteiger partial charge on any atom is 0.128 e. The molecule has 0 aliphatic carbocycles. The zero-order chi connectivity index (χ0) is 10.7. The predicted molar refractivity (Wildman–Crippen MR) is 61.0 cm³/mol. The minimum Gasteiger partial charge on any atom is -0.375 e. The van der Waals surface area contributed by atoms with Crippen LogP contribution in [0.2, 0.25) is 0 Å². The van der Waals surface area contributed by atoms with Crippen molar-refractivity contribution < 1.29 is 5.11 Å². The first-order valence-corrected chi connectivity index (χ1v) is 4.86. The average molecular weight is 199 g/mol. The maximum absolute atomic E-state index is 9.27. The number of benzene rings is 2. The van der Waals surface area contributed by atoms with Crippen molar-refractivity contribution in [1.29, 1.82) is 0 Å². The van der Waals surface area contributed by atoms with Crippen LogP contribution in [0.5, 0.6) is 0 Å². The van der Waals surface area contributed by atoms with E-state index in [-0.39, 0.29) is 0 Å². The van der Waals surface area contributed by atoms with E-state index in [4.69, 9.17) is 5.73 Å². The van der Waals surface area contributed by atoms with Crippen LogP contribution < -0.4 is 5.73 Å². The van der Waals surface area contributed by atoms with Crippen LogP contribution >= 0.6 is 0 Å². The van der Waals surface area contributed by atoms with Crippen molar-refractivity contribution in [2.75, 3.05) is 0 Å². The number of nitrogens with two attached hydrogens (primary N) is 1. The van der Waals surface area contributed by atoms with E-state index in [1.54, 1.807) is 0 Å². The lowest BCUT2D eigenvalue weighted by molar-refractivity contribution is 0.186. The first kappa shape index (κ1) is 9.90. The van der Waals surface area contributed by atoms with Crippen molar-refractivity contribution in [2.45, 2.75) is 6.23 Å². The Morgan fingerprint density at radius 1 is 0.867 bits per heavy atom. The molecule has 1 atom stereocenters. The standard InChI is InChI=1S/C13H13NO/c14-13(15)12-8-4-7-11(9-12)10-5-2-1-3-6-10/h1-9,13,15H,14H2. The summed E-state index contributed by atoms with van der Waals surface area (Å²) < 4.78 is 0. The molecule has 2 nitrogen and oxygen atoms in total. The zero-order valence-electron chi connectivity index (χ0n) is 8.30. The van der Waals surface area contributed by atoms with Gasteiger partial charge in [-0.25, -0.2) is 0 Å². The third kappa shape index (κ3) is 2.24. The quantitative estimate of drug-likeness (QED) is 0.729. The molecule has 0 fully saturated rings. The van der Waals surface area contributed by atoms with E-state index in [1.807, 2.05) is 54.6 Å². The van der Waals surface area contributed by atoms with Gasteiger partial charge >= 0.3 is 0 Å². The Labute approximate surface area is 89.0 Å². The van der Waals surface area contributed by atoms with Crippen LogP contribution in [0.1, 0.15) is 11.8 Å². The number of aliphatic hydroxyl groups is 1. The molecule has 0 aliphatic rings. The van der Waals surface area contributed by atoms with Crippen LogP contribution in [-0.4, -0.2) is 5.11 Å². The van der Waals surface area contributed by atoms with Crippen LogP contribution in [0.4, 0.5) is 0 Å². The van der Waals surface area contributed by atoms with Crippen molar-refractivity contribution in [3.05, 3.63) is 60.2 Å². The molecule has 0 amide bonds. The second kappa shape index (κ2) is 4.26. The summed E-state index contributed by atoms with van der Waals surface area (Å²) in [6, 6.07) is 17.6. The summed E-state index contributed by atoms with van der Waals surface area (Å²) in [4.78, 5) is 0. The van der Waals surface area contributed by atoms with Gasteiger partial charge in [-0.3, -0.25) is 0 Å². The molecule has 0 saturated carbocycles. The summed E-state index contributed by atoms with van der Waals surface area (Å²) in [5.74, 6) is 0. The first-order chi connectivity index (χ1) is 7.27. The van der Waals surface area contributed by atoms with Crippen LogP contribution in [0.3, 0.4) is 0 Å². The lowest BCUT2D eigenvalue weighted by Crippen LogP contribution is -2.08. The molecular formula is C13H13NO. The van der Waals surface area contributed by atoms with E-state index in [0.29, 0.717) is 0 Å². The second-order valence-corrected chi connectivity index (χ2v) is 3.44. The molecule has 2 aromatic rings. The maximum atomic E-state index is 9.27. The van der Waals surface area contributed by atoms with Crippen molar-refractivity contribution in [1.82, 2.24) is 0 Å². The molecule has 2 heteroatoms. The van der Waals surface area contributed by atoms with Gasteiger partial charge in [0.2, 0.25) is 0 Å². The minimum atomic E-state index is -0.909. The summed E-state index contributed by atoms with van der Waals surface area (Å²) >= 11 is 0. The van der Waals surface area contributed by atoms with Crippen molar-refractivity contribution in [2.24, 2.45) is 5.73 Å². The Morgan fingerprint density at radius 2 is 1.53 bits per heavy atom. The van der Waals surface area contributed by atoms with Gasteiger partial charge in [0.15, 0.2) is 0 Å². The highest BCUT2D eigenvalue weighted by molar-refractivity contribution is 5.64. The molecule has 0 radical (unpaired) electrons. The van der Waals surface area contributed by atoms with Crippen LogP contribution in [0, 0.1) is 0 Å². The van der Waals surface area contributed by atoms with Gasteiger partial charge in [0.25, 0.3) is 0 Å². The summed E-state index contributed by atoms with van der Waals surface area (Å²) in [7, 11) is 0. The van der Waals surface area contributed by atoms with E-state index >= 15 is 0 Å². The van der Waals surface area contributed by atoms with Crippen LogP contribution in [-0.2, 0) is 0 Å². The van der Waals surface area contributed by atoms with Gasteiger partial charge in [-0.15, -0.1) is 0 Å². The van der Waals surface area contributed by atoms with E-state index in [1.165, 1.54) is 0 Å². The molecule has 2 aromatic carbocycles. The first-order valence-electron chi connectivity index (χ1n) is 4.86. The van der Waals surface area contributed by atoms with E-state index in [9.17, 15) is 5.11 Å². The lowest BCUT2D eigenvalue weighted by atomic mass is 10.0. The van der Waals surface area contributed by atoms with E-state index in [0.717, 1.165) is 16.7 Å². The van der Waals surface area contributed by atoms with Crippen LogP contribution in [0.15, 0.2) is 54.6 Å². The lowest BCUT2D eigenvalue weighted by Gasteiger charge is -2.07. The fourth-order valence-corrected chi connectivity index (χ4v) is 1.53. The fraction of sp³-hybridized carbons (Fsp3) is 0.0769. The smallest absolute Gasteiger partial charge is 0.128 e. The Morgan fingerprint density at radius 3 is 2.20 bits per heavy atom. The molecule has 1 unspecified atom stereocenters. The molecule has 3 N–H and O–H groups in total. The fourth-order valence-electron chi connectivity index (χ4n) is 1.53. The molecule has 2 rings (SSSR count). The van der Waals surface area contributed by atoms with Crippen molar-refractivity contribution in [3.8, 4) is 11.1 Å². The van der Waals surface area contributed by atoms with Gasteiger partial charge in [-0.05, 0) is 22.8 Å². The van der Waals surface area contributed by atoms with Gasteiger partial charge in [-0.2, -0.15) is 0 Å². The molecule has 76 valence electrons. The number of aliphatic hydroxyl groups excluding tert-OH is 1. The van der Waals surface area contributed by atoms with Gasteiger partial charge < -0.3 is 10.8 Å². The van der Waals surface area contributed by atoms with E-state index < -0.39 is 6.23 Å². The normalized spacial score (nSPS) is 12.4. The summed E-state index contributed by atoms with van der Waals surface area (Å²) in [5.41, 5.74) is 8.34. The Bertz CT molecular complexity index is 437. The number of hydrogen-bond donors (Lipinski definition) is 2. The molecule has 0 heterocycles. The monoisotopic (exact) mass is 199 g/mol. The minimum absolute atomic E-state index is 0.733. The molecule has 0 bridgehead atoms. The SMILES string of the molecule is NC(O)c1cccc(-c2ccccc2)c1. The molecule has 15 heavy (non-hydrogen) atoms. The van der Waals surface area contributed by atoms with Gasteiger partial charge in [-0.1, -0.05) is 48.5 Å². The second-order valence-electron chi connectivity index (χ2n) is 3.44. The third-order valence-corrected chi connectivity index (χ3v) is 2.34.